The third-order valence-electron chi connectivity index (χ3n) is 9.05. The van der Waals surface area contributed by atoms with Gasteiger partial charge in [0, 0.05) is 18.8 Å². The van der Waals surface area contributed by atoms with Crippen molar-refractivity contribution in [2.24, 2.45) is 47.3 Å². The van der Waals surface area contributed by atoms with E-state index in [0.717, 1.165) is 60.6 Å². The van der Waals surface area contributed by atoms with Crippen molar-refractivity contribution in [1.29, 1.82) is 0 Å². The van der Waals surface area contributed by atoms with Crippen LogP contribution in [0.4, 0.5) is 17.1 Å². The molecule has 0 saturated heterocycles. The summed E-state index contributed by atoms with van der Waals surface area (Å²) in [4.78, 5) is 4.72. The van der Waals surface area contributed by atoms with Crippen LogP contribution in [0, 0.1) is 57.8 Å². The Morgan fingerprint density at radius 3 is 1.37 bits per heavy atom. The lowest BCUT2D eigenvalue weighted by molar-refractivity contribution is -0.268. The zero-order chi connectivity index (χ0) is 30.0. The minimum atomic E-state index is -1.21. The van der Waals surface area contributed by atoms with Gasteiger partial charge in [0.25, 0.3) is 0 Å². The molecule has 0 heterocycles. The van der Waals surface area contributed by atoms with E-state index in [4.69, 9.17) is 25.6 Å². The first kappa shape index (κ1) is 31.5. The topological polar surface area (TPSA) is 176 Å². The summed E-state index contributed by atoms with van der Waals surface area (Å²) >= 11 is 0. The number of hydrogen-bond donors (Lipinski definition) is 4. The molecule has 1 aromatic carbocycles. The van der Waals surface area contributed by atoms with Crippen molar-refractivity contribution in [1.82, 2.24) is 9.80 Å². The smallest absolute Gasteiger partial charge is 0.0907 e. The van der Waals surface area contributed by atoms with Gasteiger partial charge in [0.05, 0.1) is 24.6 Å². The Kier molecular flexibility index (Phi) is 10.2. The molecule has 41 heavy (non-hydrogen) atoms. The molecule has 4 aliphatic rings. The van der Waals surface area contributed by atoms with Gasteiger partial charge >= 0.3 is 0 Å². The summed E-state index contributed by atoms with van der Waals surface area (Å²) in [6.45, 7) is 4.35. The number of nitrogens with zero attached hydrogens (tertiary/aromatic N) is 5. The summed E-state index contributed by atoms with van der Waals surface area (Å²) < 4.78 is 6.43. The minimum Gasteiger partial charge on any atom is -0.869 e. The zero-order valence-electron chi connectivity index (χ0n) is 24.0. The minimum absolute atomic E-state index is 0.565. The van der Waals surface area contributed by atoms with E-state index >= 15 is 0 Å². The number of rotatable bonds is 11. The van der Waals surface area contributed by atoms with E-state index in [0.29, 0.717) is 12.1 Å². The second-order valence-electron chi connectivity index (χ2n) is 12.3. The summed E-state index contributed by atoms with van der Waals surface area (Å²) in [5.74, 6) is 4.99. The highest BCUT2D eigenvalue weighted by atomic mass is 16.8. The monoisotopic (exact) mass is 576 g/mol. The summed E-state index contributed by atoms with van der Waals surface area (Å²) in [6, 6.07) is 1.13. The Balaban J connectivity index is 0.000000210. The van der Waals surface area contributed by atoms with Crippen molar-refractivity contribution in [2.75, 3.05) is 70.2 Å². The van der Waals surface area contributed by atoms with Crippen molar-refractivity contribution < 1.29 is 30.7 Å². The average Bonchev–Trinajstić information content (AvgIpc) is 3.67. The number of ether oxygens (including phenoxy) is 1. The zero-order valence-corrected chi connectivity index (χ0v) is 24.0. The van der Waals surface area contributed by atoms with Crippen molar-refractivity contribution in [3.05, 3.63) is 46.9 Å². The molecular formula is C28H42N5O8-3. The van der Waals surface area contributed by atoms with E-state index in [9.17, 15) is 15.5 Å². The number of allylic oxidation sites excluding steroid dienone is 4. The quantitative estimate of drug-likeness (QED) is 0.224. The van der Waals surface area contributed by atoms with Gasteiger partial charge in [-0.2, -0.15) is 0 Å². The third-order valence-corrected chi connectivity index (χ3v) is 9.05. The standard InChI is InChI=1S/C22H36N2O.C6H7N3O7/c1-23(2)11-19-15-5-7-17(9-15)21(19)13-25-14-22-18-8-6-16(10-18)20(22)12-24(3)4;10-6-4(8(13)14)1-3(7(11)12)2-5(6)9(15)16/h5-8,15-22H,9-14H2,1-4H3;1-2,10,13-16H/q;-2/p-1. The molecule has 1 aromatic rings. The number of benzene rings is 1. The van der Waals surface area contributed by atoms with E-state index in [1.54, 1.807) is 0 Å². The van der Waals surface area contributed by atoms with Crippen LogP contribution in [-0.4, -0.2) is 85.1 Å². The summed E-state index contributed by atoms with van der Waals surface area (Å²) in [5, 5.41) is 64.2. The molecule has 13 nitrogen and oxygen atoms in total. The predicted octanol–water partition coefficient (Wildman–Crippen LogP) is 2.73. The second-order valence-corrected chi connectivity index (χ2v) is 12.3. The lowest BCUT2D eigenvalue weighted by atomic mass is 9.82. The van der Waals surface area contributed by atoms with Crippen LogP contribution in [0.3, 0.4) is 0 Å². The van der Waals surface area contributed by atoms with Gasteiger partial charge < -0.3 is 35.3 Å². The SMILES string of the molecule is CN(C)CC1C2C=CC(C2)C1COCC1C2C=CC(C2)C1CN(C)C.[O-]c1c(N(O)O)cc(N([O-])[O-])cc1N(O)O. The first-order valence-corrected chi connectivity index (χ1v) is 14.0. The summed E-state index contributed by atoms with van der Waals surface area (Å²) in [5.41, 5.74) is -2.50. The molecule has 8 atom stereocenters. The molecule has 0 radical (unpaired) electrons. The van der Waals surface area contributed by atoms with Gasteiger partial charge in [-0.3, -0.25) is 20.8 Å². The van der Waals surface area contributed by atoms with Crippen LogP contribution in [0.2, 0.25) is 0 Å². The van der Waals surface area contributed by atoms with Gasteiger partial charge in [-0.05, 0) is 101 Å². The molecule has 0 amide bonds. The summed E-state index contributed by atoms with van der Waals surface area (Å²) in [7, 11) is 8.84. The molecule has 4 bridgehead atoms. The third kappa shape index (κ3) is 7.13. The fraction of sp³-hybridized carbons (Fsp3) is 0.643. The van der Waals surface area contributed by atoms with E-state index in [-0.39, 0.29) is 0 Å². The highest BCUT2D eigenvalue weighted by molar-refractivity contribution is 5.76. The molecule has 2 fully saturated rings. The molecule has 4 N–H and O–H groups in total. The van der Waals surface area contributed by atoms with Crippen LogP contribution >= 0.6 is 0 Å². The maximum atomic E-state index is 11.3. The maximum absolute atomic E-state index is 11.3. The number of anilines is 3. The Hall–Kier alpha value is -2.46. The fourth-order valence-corrected chi connectivity index (χ4v) is 7.26. The molecule has 8 unspecified atom stereocenters. The van der Waals surface area contributed by atoms with Gasteiger partial charge in [-0.25, -0.2) is 0 Å². The van der Waals surface area contributed by atoms with E-state index in [1.807, 2.05) is 0 Å². The second kappa shape index (κ2) is 13.2. The lowest BCUT2D eigenvalue weighted by Crippen LogP contribution is -2.35. The Morgan fingerprint density at radius 1 is 0.683 bits per heavy atom. The van der Waals surface area contributed by atoms with Gasteiger partial charge in [0.2, 0.25) is 0 Å². The molecule has 0 aromatic heterocycles. The average molecular weight is 577 g/mol. The van der Waals surface area contributed by atoms with Crippen molar-refractivity contribution in [2.45, 2.75) is 12.8 Å². The molecule has 13 heteroatoms. The van der Waals surface area contributed by atoms with Crippen LogP contribution in [0.5, 0.6) is 5.75 Å². The maximum Gasteiger partial charge on any atom is 0.0907 e. The highest BCUT2D eigenvalue weighted by Crippen LogP contribution is 2.50. The largest absolute Gasteiger partial charge is 0.869 e. The van der Waals surface area contributed by atoms with Crippen LogP contribution < -0.4 is 20.8 Å². The molecule has 2 saturated carbocycles. The molecule has 230 valence electrons. The fourth-order valence-electron chi connectivity index (χ4n) is 7.26. The summed E-state index contributed by atoms with van der Waals surface area (Å²) in [6.07, 6.45) is 12.6. The molecule has 0 spiro atoms. The lowest BCUT2D eigenvalue weighted by Gasteiger charge is -2.39. The van der Waals surface area contributed by atoms with Crippen molar-refractivity contribution in [3.63, 3.8) is 0 Å². The normalized spacial score (nSPS) is 30.8. The van der Waals surface area contributed by atoms with E-state index < -0.39 is 38.5 Å². The van der Waals surface area contributed by atoms with Crippen LogP contribution in [0.1, 0.15) is 12.8 Å². The van der Waals surface area contributed by atoms with Crippen LogP contribution in [0.15, 0.2) is 36.4 Å². The van der Waals surface area contributed by atoms with Gasteiger partial charge in [-0.15, -0.1) is 10.5 Å². The van der Waals surface area contributed by atoms with Gasteiger partial charge in [-0.1, -0.05) is 30.1 Å². The van der Waals surface area contributed by atoms with Crippen molar-refractivity contribution >= 4 is 17.1 Å². The van der Waals surface area contributed by atoms with E-state index in [1.165, 1.54) is 25.9 Å². The Labute approximate surface area is 240 Å². The number of hydrogen-bond acceptors (Lipinski definition) is 13. The molecule has 0 aliphatic heterocycles. The molecular weight excluding hydrogens is 534 g/mol. The van der Waals surface area contributed by atoms with Crippen LogP contribution in [0.25, 0.3) is 0 Å². The Bertz CT molecular complexity index is 1010. The highest BCUT2D eigenvalue weighted by Gasteiger charge is 2.46. The van der Waals surface area contributed by atoms with E-state index in [2.05, 4.69) is 62.3 Å². The first-order chi connectivity index (χ1) is 19.4. The van der Waals surface area contributed by atoms with Gasteiger partial charge in [0.1, 0.15) is 0 Å². The molecule has 4 aliphatic carbocycles. The van der Waals surface area contributed by atoms with Crippen molar-refractivity contribution in [3.8, 4) is 5.75 Å². The Morgan fingerprint density at radius 2 is 1.05 bits per heavy atom. The van der Waals surface area contributed by atoms with Gasteiger partial charge in [0.15, 0.2) is 0 Å². The molecule has 5 rings (SSSR count). The number of fused-ring (bicyclic) bond motifs is 4. The predicted molar refractivity (Wildman–Crippen MR) is 151 cm³/mol. The first-order valence-electron chi connectivity index (χ1n) is 14.0. The van der Waals surface area contributed by atoms with Crippen LogP contribution in [-0.2, 0) is 4.74 Å².